The molecule has 2 aromatic carbocycles. The van der Waals surface area contributed by atoms with Gasteiger partial charge in [0.2, 0.25) is 0 Å². The predicted molar refractivity (Wildman–Crippen MR) is 109 cm³/mol. The van der Waals surface area contributed by atoms with Crippen molar-refractivity contribution in [2.75, 3.05) is 5.73 Å². The summed E-state index contributed by atoms with van der Waals surface area (Å²) in [5.74, 6) is -0.170. The SMILES string of the molecule is Cc1ccc(C(F)(F)F)cc1COc1c(C2CCC2)ccc(-c2cnc(N)cn2)c1F. The fourth-order valence-corrected chi connectivity index (χ4v) is 3.59. The molecular weight excluding hydrogens is 410 g/mol. The number of halogens is 4. The van der Waals surface area contributed by atoms with Crippen molar-refractivity contribution in [3.8, 4) is 17.0 Å². The molecule has 4 rings (SSSR count). The molecule has 4 nitrogen and oxygen atoms in total. The van der Waals surface area contributed by atoms with E-state index < -0.39 is 17.6 Å². The first-order valence-corrected chi connectivity index (χ1v) is 9.94. The number of hydrogen-bond donors (Lipinski definition) is 1. The van der Waals surface area contributed by atoms with Crippen LogP contribution in [-0.2, 0) is 12.8 Å². The third-order valence-corrected chi connectivity index (χ3v) is 5.67. The lowest BCUT2D eigenvalue weighted by Crippen LogP contribution is -2.13. The van der Waals surface area contributed by atoms with Gasteiger partial charge in [0, 0.05) is 11.1 Å². The molecule has 31 heavy (non-hydrogen) atoms. The van der Waals surface area contributed by atoms with E-state index in [9.17, 15) is 13.2 Å². The van der Waals surface area contributed by atoms with Crippen LogP contribution in [0.1, 0.15) is 47.4 Å². The zero-order valence-corrected chi connectivity index (χ0v) is 16.8. The third-order valence-electron chi connectivity index (χ3n) is 5.67. The van der Waals surface area contributed by atoms with Crippen LogP contribution in [0.5, 0.6) is 5.75 Å². The van der Waals surface area contributed by atoms with Gasteiger partial charge in [0.1, 0.15) is 12.4 Å². The highest BCUT2D eigenvalue weighted by Crippen LogP contribution is 2.44. The van der Waals surface area contributed by atoms with Crippen molar-refractivity contribution in [1.82, 2.24) is 9.97 Å². The van der Waals surface area contributed by atoms with Crippen molar-refractivity contribution >= 4 is 5.82 Å². The quantitative estimate of drug-likeness (QED) is 0.501. The van der Waals surface area contributed by atoms with E-state index in [-0.39, 0.29) is 29.7 Å². The van der Waals surface area contributed by atoms with Gasteiger partial charge in [0.25, 0.3) is 0 Å². The summed E-state index contributed by atoms with van der Waals surface area (Å²) in [5.41, 5.74) is 7.01. The highest BCUT2D eigenvalue weighted by molar-refractivity contribution is 5.64. The molecule has 1 fully saturated rings. The van der Waals surface area contributed by atoms with Crippen molar-refractivity contribution in [2.24, 2.45) is 0 Å². The normalized spacial score (nSPS) is 14.4. The van der Waals surface area contributed by atoms with Crippen molar-refractivity contribution in [3.63, 3.8) is 0 Å². The molecule has 0 spiro atoms. The van der Waals surface area contributed by atoms with Crippen molar-refractivity contribution < 1.29 is 22.3 Å². The highest BCUT2D eigenvalue weighted by atomic mass is 19.4. The lowest BCUT2D eigenvalue weighted by Gasteiger charge is -2.28. The molecule has 1 aliphatic rings. The van der Waals surface area contributed by atoms with Crippen LogP contribution in [0, 0.1) is 12.7 Å². The standard InChI is InChI=1S/C23H21F4N3O/c1-13-5-6-16(23(25,26)27)9-15(13)12-31-22-17(14-3-2-4-14)7-8-18(21(22)24)19-10-30-20(28)11-29-19/h5-11,14H,2-4,12H2,1H3,(H2,28,30). The van der Waals surface area contributed by atoms with Gasteiger partial charge in [-0.15, -0.1) is 0 Å². The summed E-state index contributed by atoms with van der Waals surface area (Å²) < 4.78 is 60.6. The Balaban J connectivity index is 1.69. The van der Waals surface area contributed by atoms with Crippen LogP contribution < -0.4 is 10.5 Å². The molecular formula is C23H21F4N3O. The molecule has 0 bridgehead atoms. The average Bonchev–Trinajstić information content (AvgIpc) is 2.67. The zero-order valence-electron chi connectivity index (χ0n) is 16.8. The lowest BCUT2D eigenvalue weighted by atomic mass is 9.79. The Hall–Kier alpha value is -3.16. The van der Waals surface area contributed by atoms with E-state index in [1.165, 1.54) is 18.5 Å². The minimum Gasteiger partial charge on any atom is -0.485 e. The molecule has 0 amide bonds. The Kier molecular flexibility index (Phi) is 5.56. The number of nitrogens with two attached hydrogens (primary N) is 1. The van der Waals surface area contributed by atoms with Gasteiger partial charge in [-0.25, -0.2) is 9.37 Å². The molecule has 0 aliphatic heterocycles. The predicted octanol–water partition coefficient (Wildman–Crippen LogP) is 6.04. The van der Waals surface area contributed by atoms with E-state index in [0.717, 1.165) is 37.0 Å². The molecule has 8 heteroatoms. The third kappa shape index (κ3) is 4.33. The Labute approximate surface area is 177 Å². The molecule has 162 valence electrons. The molecule has 1 aromatic heterocycles. The Morgan fingerprint density at radius 2 is 1.87 bits per heavy atom. The molecule has 0 unspecified atom stereocenters. The number of alkyl halides is 3. The summed E-state index contributed by atoms with van der Waals surface area (Å²) in [6.07, 6.45) is 1.12. The summed E-state index contributed by atoms with van der Waals surface area (Å²) in [5, 5.41) is 0. The van der Waals surface area contributed by atoms with E-state index in [2.05, 4.69) is 9.97 Å². The monoisotopic (exact) mass is 431 g/mol. The Morgan fingerprint density at radius 1 is 1.10 bits per heavy atom. The van der Waals surface area contributed by atoms with E-state index in [0.29, 0.717) is 16.8 Å². The smallest absolute Gasteiger partial charge is 0.416 e. The largest absolute Gasteiger partial charge is 0.485 e. The minimum atomic E-state index is -4.46. The van der Waals surface area contributed by atoms with Crippen molar-refractivity contribution in [3.05, 3.63) is 70.8 Å². The van der Waals surface area contributed by atoms with Gasteiger partial charge in [-0.3, -0.25) is 4.98 Å². The maximum absolute atomic E-state index is 15.5. The van der Waals surface area contributed by atoms with Gasteiger partial charge < -0.3 is 10.5 Å². The van der Waals surface area contributed by atoms with Crippen molar-refractivity contribution in [2.45, 2.75) is 44.9 Å². The van der Waals surface area contributed by atoms with Gasteiger partial charge in [0.05, 0.1) is 23.7 Å². The summed E-state index contributed by atoms with van der Waals surface area (Å²) in [4.78, 5) is 8.07. The number of ether oxygens (including phenoxy) is 1. The summed E-state index contributed by atoms with van der Waals surface area (Å²) in [6, 6.07) is 6.90. The molecule has 0 saturated heterocycles. The maximum Gasteiger partial charge on any atom is 0.416 e. The Bertz CT molecular complexity index is 1090. The number of nitrogen functional groups attached to an aromatic ring is 1. The number of aromatic nitrogens is 2. The van der Waals surface area contributed by atoms with E-state index >= 15 is 4.39 Å². The van der Waals surface area contributed by atoms with Crippen molar-refractivity contribution in [1.29, 1.82) is 0 Å². The summed E-state index contributed by atoms with van der Waals surface area (Å²) in [7, 11) is 0. The summed E-state index contributed by atoms with van der Waals surface area (Å²) in [6.45, 7) is 1.52. The second-order valence-corrected chi connectivity index (χ2v) is 7.73. The fourth-order valence-electron chi connectivity index (χ4n) is 3.59. The first-order valence-electron chi connectivity index (χ1n) is 9.94. The van der Waals surface area contributed by atoms with Crippen LogP contribution in [0.4, 0.5) is 23.4 Å². The molecule has 1 saturated carbocycles. The maximum atomic E-state index is 15.5. The second kappa shape index (κ2) is 8.17. The zero-order chi connectivity index (χ0) is 22.2. The van der Waals surface area contributed by atoms with Crippen LogP contribution in [0.15, 0.2) is 42.7 Å². The van der Waals surface area contributed by atoms with Crippen LogP contribution in [-0.4, -0.2) is 9.97 Å². The number of nitrogens with zero attached hydrogens (tertiary/aromatic N) is 2. The number of anilines is 1. The second-order valence-electron chi connectivity index (χ2n) is 7.73. The number of benzene rings is 2. The number of rotatable bonds is 5. The topological polar surface area (TPSA) is 61.0 Å². The molecule has 1 heterocycles. The van der Waals surface area contributed by atoms with Gasteiger partial charge in [-0.2, -0.15) is 13.2 Å². The number of aryl methyl sites for hydroxylation is 1. The molecule has 3 aromatic rings. The number of hydrogen-bond acceptors (Lipinski definition) is 4. The lowest BCUT2D eigenvalue weighted by molar-refractivity contribution is -0.137. The van der Waals surface area contributed by atoms with E-state index in [1.807, 2.05) is 0 Å². The van der Waals surface area contributed by atoms with E-state index in [4.69, 9.17) is 10.5 Å². The van der Waals surface area contributed by atoms with Crippen LogP contribution >= 0.6 is 0 Å². The van der Waals surface area contributed by atoms with Crippen LogP contribution in [0.2, 0.25) is 0 Å². The molecule has 2 N–H and O–H groups in total. The van der Waals surface area contributed by atoms with E-state index in [1.54, 1.807) is 19.1 Å². The summed E-state index contributed by atoms with van der Waals surface area (Å²) >= 11 is 0. The van der Waals surface area contributed by atoms with Crippen LogP contribution in [0.25, 0.3) is 11.3 Å². The van der Waals surface area contributed by atoms with Crippen LogP contribution in [0.3, 0.4) is 0 Å². The molecule has 0 radical (unpaired) electrons. The highest BCUT2D eigenvalue weighted by Gasteiger charge is 2.31. The Morgan fingerprint density at radius 3 is 2.48 bits per heavy atom. The van der Waals surface area contributed by atoms with Gasteiger partial charge >= 0.3 is 6.18 Å². The first kappa shape index (κ1) is 21.1. The van der Waals surface area contributed by atoms with Gasteiger partial charge in [-0.1, -0.05) is 18.6 Å². The first-order chi connectivity index (χ1) is 14.7. The molecule has 0 atom stereocenters. The van der Waals surface area contributed by atoms with Gasteiger partial charge in [-0.05, 0) is 55.0 Å². The fraction of sp³-hybridized carbons (Fsp3) is 0.304. The minimum absolute atomic E-state index is 0.0534. The molecule has 1 aliphatic carbocycles. The van der Waals surface area contributed by atoms with Gasteiger partial charge in [0.15, 0.2) is 11.6 Å². The average molecular weight is 431 g/mol.